The summed E-state index contributed by atoms with van der Waals surface area (Å²) in [6.07, 6.45) is 4.25. The van der Waals surface area contributed by atoms with Crippen LogP contribution < -0.4 is 10.6 Å². The third-order valence-electron chi connectivity index (χ3n) is 4.46. The molecule has 2 N–H and O–H groups in total. The Morgan fingerprint density at radius 1 is 1.23 bits per heavy atom. The number of carbonyl (C=O) groups excluding carboxylic acids is 1. The normalized spacial score (nSPS) is 26.0. The van der Waals surface area contributed by atoms with E-state index in [0.29, 0.717) is 0 Å². The van der Waals surface area contributed by atoms with Crippen molar-refractivity contribution in [3.8, 4) is 0 Å². The fraction of sp³-hybridized carbons (Fsp3) is 0.588. The number of ether oxygens (including phenoxy) is 1. The molecule has 2 heterocycles. The predicted molar refractivity (Wildman–Crippen MR) is 89.1 cm³/mol. The van der Waals surface area contributed by atoms with Crippen molar-refractivity contribution >= 4 is 18.3 Å². The molecule has 3 rings (SSSR count). The summed E-state index contributed by atoms with van der Waals surface area (Å²) in [5, 5.41) is 6.55. The second-order valence-electron chi connectivity index (χ2n) is 5.99. The van der Waals surface area contributed by atoms with Gasteiger partial charge in [0.25, 0.3) is 0 Å². The highest BCUT2D eigenvalue weighted by Crippen LogP contribution is 2.27. The van der Waals surface area contributed by atoms with Gasteiger partial charge in [-0.1, -0.05) is 30.3 Å². The van der Waals surface area contributed by atoms with Crippen molar-refractivity contribution < 1.29 is 9.53 Å². The summed E-state index contributed by atoms with van der Waals surface area (Å²) in [4.78, 5) is 12.5. The first-order valence-corrected chi connectivity index (χ1v) is 8.02. The van der Waals surface area contributed by atoms with Crippen molar-refractivity contribution in [3.05, 3.63) is 35.9 Å². The van der Waals surface area contributed by atoms with Crippen molar-refractivity contribution in [2.75, 3.05) is 19.7 Å². The van der Waals surface area contributed by atoms with E-state index >= 15 is 0 Å². The minimum absolute atomic E-state index is 0. The molecule has 1 aromatic rings. The second kappa shape index (κ2) is 8.51. The van der Waals surface area contributed by atoms with Gasteiger partial charge in [-0.3, -0.25) is 4.79 Å². The van der Waals surface area contributed by atoms with Gasteiger partial charge in [-0.05, 0) is 37.8 Å². The Bertz CT molecular complexity index is 457. The highest BCUT2D eigenvalue weighted by Gasteiger charge is 2.31. The topological polar surface area (TPSA) is 50.4 Å². The molecule has 0 radical (unpaired) electrons. The number of carbonyl (C=O) groups is 1. The van der Waals surface area contributed by atoms with Crippen LogP contribution in [0.25, 0.3) is 0 Å². The van der Waals surface area contributed by atoms with E-state index in [1.165, 1.54) is 0 Å². The van der Waals surface area contributed by atoms with Gasteiger partial charge in [0.2, 0.25) is 5.91 Å². The van der Waals surface area contributed by atoms with Gasteiger partial charge < -0.3 is 15.4 Å². The van der Waals surface area contributed by atoms with Crippen molar-refractivity contribution in [1.29, 1.82) is 0 Å². The molecular weight excluding hydrogens is 300 g/mol. The van der Waals surface area contributed by atoms with E-state index in [1.54, 1.807) is 0 Å². The molecule has 22 heavy (non-hydrogen) atoms. The molecule has 3 unspecified atom stereocenters. The zero-order valence-electron chi connectivity index (χ0n) is 12.8. The van der Waals surface area contributed by atoms with Gasteiger partial charge >= 0.3 is 0 Å². The molecule has 122 valence electrons. The Labute approximate surface area is 138 Å². The molecule has 0 aliphatic carbocycles. The largest absolute Gasteiger partial charge is 0.376 e. The monoisotopic (exact) mass is 324 g/mol. The molecule has 0 aromatic heterocycles. The third kappa shape index (κ3) is 4.22. The summed E-state index contributed by atoms with van der Waals surface area (Å²) in [6.45, 7) is 2.62. The van der Waals surface area contributed by atoms with Crippen LogP contribution in [0.15, 0.2) is 30.3 Å². The van der Waals surface area contributed by atoms with Crippen molar-refractivity contribution in [2.24, 2.45) is 5.92 Å². The van der Waals surface area contributed by atoms with E-state index in [1.807, 2.05) is 18.2 Å². The highest BCUT2D eigenvalue weighted by atomic mass is 35.5. The van der Waals surface area contributed by atoms with Crippen LogP contribution in [-0.4, -0.2) is 31.7 Å². The molecule has 0 saturated carbocycles. The number of piperidine rings is 1. The number of hydrogen-bond acceptors (Lipinski definition) is 3. The third-order valence-corrected chi connectivity index (χ3v) is 4.46. The zero-order chi connectivity index (χ0) is 14.5. The maximum absolute atomic E-state index is 12.5. The highest BCUT2D eigenvalue weighted by molar-refractivity contribution is 5.85. The quantitative estimate of drug-likeness (QED) is 0.894. The van der Waals surface area contributed by atoms with E-state index in [0.717, 1.165) is 50.9 Å². The van der Waals surface area contributed by atoms with Crippen molar-refractivity contribution in [2.45, 2.75) is 37.8 Å². The second-order valence-corrected chi connectivity index (χ2v) is 5.99. The SMILES string of the molecule is Cl.O=C(NC(c1ccccc1)C1CCCO1)C1CCCNC1. The van der Waals surface area contributed by atoms with Crippen LogP contribution in [0, 0.1) is 5.92 Å². The minimum atomic E-state index is -0.0249. The summed E-state index contributed by atoms with van der Waals surface area (Å²) in [5.74, 6) is 0.248. The summed E-state index contributed by atoms with van der Waals surface area (Å²) in [7, 11) is 0. The van der Waals surface area contributed by atoms with Gasteiger partial charge in [0, 0.05) is 13.2 Å². The predicted octanol–water partition coefficient (Wildman–Crippen LogP) is 2.44. The van der Waals surface area contributed by atoms with Crippen LogP contribution in [0.3, 0.4) is 0 Å². The van der Waals surface area contributed by atoms with Crippen LogP contribution in [0.5, 0.6) is 0 Å². The molecule has 3 atom stereocenters. The molecule has 5 heteroatoms. The first kappa shape index (κ1) is 17.3. The van der Waals surface area contributed by atoms with E-state index in [4.69, 9.17) is 4.74 Å². The summed E-state index contributed by atoms with van der Waals surface area (Å²) in [5.41, 5.74) is 1.14. The zero-order valence-corrected chi connectivity index (χ0v) is 13.6. The molecule has 1 amide bonds. The number of nitrogens with one attached hydrogen (secondary N) is 2. The van der Waals surface area contributed by atoms with E-state index in [9.17, 15) is 4.79 Å². The number of halogens is 1. The lowest BCUT2D eigenvalue weighted by molar-refractivity contribution is -0.127. The smallest absolute Gasteiger partial charge is 0.224 e. The van der Waals surface area contributed by atoms with Crippen LogP contribution in [0.2, 0.25) is 0 Å². The average molecular weight is 325 g/mol. The molecule has 1 aromatic carbocycles. The maximum atomic E-state index is 12.5. The molecule has 2 aliphatic rings. The van der Waals surface area contributed by atoms with E-state index in [2.05, 4.69) is 22.8 Å². The molecule has 0 bridgehead atoms. The summed E-state index contributed by atoms with van der Waals surface area (Å²) < 4.78 is 5.83. The first-order valence-electron chi connectivity index (χ1n) is 8.02. The van der Waals surface area contributed by atoms with Gasteiger partial charge in [0.15, 0.2) is 0 Å². The van der Waals surface area contributed by atoms with Gasteiger partial charge in [0.05, 0.1) is 18.1 Å². The van der Waals surface area contributed by atoms with E-state index in [-0.39, 0.29) is 36.4 Å². The van der Waals surface area contributed by atoms with Gasteiger partial charge in [-0.15, -0.1) is 12.4 Å². The van der Waals surface area contributed by atoms with Gasteiger partial charge in [-0.25, -0.2) is 0 Å². The fourth-order valence-electron chi connectivity index (χ4n) is 3.26. The Morgan fingerprint density at radius 2 is 2.05 bits per heavy atom. The Hall–Kier alpha value is -1.10. The molecule has 4 nitrogen and oxygen atoms in total. The number of amides is 1. The summed E-state index contributed by atoms with van der Waals surface area (Å²) >= 11 is 0. The Balaban J connectivity index is 0.00000176. The van der Waals surface area contributed by atoms with Crippen LogP contribution in [-0.2, 0) is 9.53 Å². The first-order chi connectivity index (χ1) is 10.3. The standard InChI is InChI=1S/C17H24N2O2.ClH/c20-17(14-8-4-10-18-12-14)19-16(15-9-5-11-21-15)13-6-2-1-3-7-13;/h1-3,6-7,14-16,18H,4-5,8-12H2,(H,19,20);1H. The van der Waals surface area contributed by atoms with E-state index < -0.39 is 0 Å². The lowest BCUT2D eigenvalue weighted by Gasteiger charge is -2.28. The number of hydrogen-bond donors (Lipinski definition) is 2. The van der Waals surface area contributed by atoms with Crippen LogP contribution >= 0.6 is 12.4 Å². The van der Waals surface area contributed by atoms with Crippen molar-refractivity contribution in [1.82, 2.24) is 10.6 Å². The molecule has 2 saturated heterocycles. The van der Waals surface area contributed by atoms with Crippen molar-refractivity contribution in [3.63, 3.8) is 0 Å². The maximum Gasteiger partial charge on any atom is 0.224 e. The molecular formula is C17H25ClN2O2. The van der Waals surface area contributed by atoms with Crippen LogP contribution in [0.4, 0.5) is 0 Å². The van der Waals surface area contributed by atoms with Gasteiger partial charge in [-0.2, -0.15) is 0 Å². The molecule has 2 fully saturated rings. The summed E-state index contributed by atoms with van der Waals surface area (Å²) in [6, 6.07) is 10.2. The van der Waals surface area contributed by atoms with Gasteiger partial charge in [0.1, 0.15) is 0 Å². The minimum Gasteiger partial charge on any atom is -0.376 e. The Morgan fingerprint density at radius 3 is 2.68 bits per heavy atom. The number of benzene rings is 1. The molecule has 2 aliphatic heterocycles. The van der Waals surface area contributed by atoms with Crippen LogP contribution in [0.1, 0.15) is 37.3 Å². The number of rotatable bonds is 4. The molecule has 0 spiro atoms. The average Bonchev–Trinajstić information content (AvgIpc) is 3.08. The lowest BCUT2D eigenvalue weighted by Crippen LogP contribution is -2.44. The Kier molecular flexibility index (Phi) is 6.68. The fourth-order valence-corrected chi connectivity index (χ4v) is 3.26. The lowest BCUT2D eigenvalue weighted by atomic mass is 9.95.